The van der Waals surface area contributed by atoms with Crippen LogP contribution < -0.4 is 19.8 Å². The molecule has 1 saturated heterocycles. The molecule has 0 atom stereocenters. The molecule has 0 saturated carbocycles. The lowest BCUT2D eigenvalue weighted by atomic mass is 10.2. The van der Waals surface area contributed by atoms with Crippen molar-refractivity contribution in [2.24, 2.45) is 5.10 Å². The third-order valence-electron chi connectivity index (χ3n) is 5.64. The van der Waals surface area contributed by atoms with Crippen molar-refractivity contribution in [1.82, 2.24) is 5.43 Å². The highest BCUT2D eigenvalue weighted by Crippen LogP contribution is 2.37. The lowest BCUT2D eigenvalue weighted by Crippen LogP contribution is -2.19. The van der Waals surface area contributed by atoms with Crippen LogP contribution in [0.1, 0.15) is 41.3 Å². The highest BCUT2D eigenvalue weighted by Gasteiger charge is 2.14. The molecule has 0 spiro atoms. The van der Waals surface area contributed by atoms with Gasteiger partial charge in [0.15, 0.2) is 11.5 Å². The average Bonchev–Trinajstić information content (AvgIpc) is 3.40. The highest BCUT2D eigenvalue weighted by atomic mass is 79.9. The van der Waals surface area contributed by atoms with Crippen molar-refractivity contribution in [3.8, 4) is 11.5 Å². The Balaban J connectivity index is 1.41. The number of carbonyl (C=O) groups is 1. The van der Waals surface area contributed by atoms with Gasteiger partial charge in [-0.2, -0.15) is 5.10 Å². The van der Waals surface area contributed by atoms with E-state index in [-0.39, 0.29) is 18.3 Å². The fraction of sp³-hybridized carbons (Fsp3) is 0.259. The summed E-state index contributed by atoms with van der Waals surface area (Å²) in [6.07, 6.45) is 3.94. The summed E-state index contributed by atoms with van der Waals surface area (Å²) >= 11 is 3.50. The smallest absolute Gasteiger partial charge is 0.271 e. The normalized spacial score (nSPS) is 13.3. The van der Waals surface area contributed by atoms with Gasteiger partial charge >= 0.3 is 0 Å². The minimum atomic E-state index is -0.327. The van der Waals surface area contributed by atoms with Crippen molar-refractivity contribution < 1.29 is 18.7 Å². The summed E-state index contributed by atoms with van der Waals surface area (Å²) in [6, 6.07) is 17.6. The fourth-order valence-electron chi connectivity index (χ4n) is 3.86. The zero-order valence-corrected chi connectivity index (χ0v) is 21.1. The first-order chi connectivity index (χ1) is 17.0. The van der Waals surface area contributed by atoms with Gasteiger partial charge in [-0.15, -0.1) is 0 Å². The number of amides is 1. The number of ether oxygens (including phenoxy) is 2. The number of nitrogens with one attached hydrogen (secondary N) is 1. The largest absolute Gasteiger partial charge is 0.490 e. The van der Waals surface area contributed by atoms with Crippen molar-refractivity contribution in [3.05, 3.63) is 87.6 Å². The standard InChI is InChI=1S/C27H27BrFN3O3/c1-2-34-25-16-19(15-23(28)26(25)35-18-21-7-3-4-8-24(21)29)17-30-31-27(33)20-9-11-22(12-10-20)32-13-5-6-14-32/h3-4,7-12,15-17H,2,5-6,13-14,18H2,1H3,(H,31,33)/b30-17-. The molecule has 1 amide bonds. The second-order valence-electron chi connectivity index (χ2n) is 8.08. The minimum Gasteiger partial charge on any atom is -0.490 e. The zero-order chi connectivity index (χ0) is 24.6. The number of rotatable bonds is 9. The van der Waals surface area contributed by atoms with E-state index >= 15 is 0 Å². The van der Waals surface area contributed by atoms with E-state index in [9.17, 15) is 9.18 Å². The summed E-state index contributed by atoms with van der Waals surface area (Å²) in [4.78, 5) is 14.8. The van der Waals surface area contributed by atoms with Gasteiger partial charge < -0.3 is 14.4 Å². The Hall–Kier alpha value is -3.39. The molecular formula is C27H27BrFN3O3. The minimum absolute atomic E-state index is 0.0609. The van der Waals surface area contributed by atoms with Gasteiger partial charge in [0.05, 0.1) is 17.3 Å². The molecule has 1 N–H and O–H groups in total. The molecule has 35 heavy (non-hydrogen) atoms. The Morgan fingerprint density at radius 3 is 2.57 bits per heavy atom. The molecular weight excluding hydrogens is 513 g/mol. The molecule has 4 rings (SSSR count). The van der Waals surface area contributed by atoms with Gasteiger partial charge in [-0.3, -0.25) is 4.79 Å². The van der Waals surface area contributed by atoms with E-state index in [0.717, 1.165) is 18.8 Å². The number of hydrogen-bond donors (Lipinski definition) is 1. The zero-order valence-electron chi connectivity index (χ0n) is 19.5. The number of nitrogens with zero attached hydrogens (tertiary/aromatic N) is 2. The van der Waals surface area contributed by atoms with Crippen LogP contribution in [0, 0.1) is 5.82 Å². The second kappa shape index (κ2) is 11.8. The highest BCUT2D eigenvalue weighted by molar-refractivity contribution is 9.10. The first-order valence-corrected chi connectivity index (χ1v) is 12.4. The summed E-state index contributed by atoms with van der Waals surface area (Å²) < 4.78 is 26.2. The van der Waals surface area contributed by atoms with E-state index < -0.39 is 0 Å². The van der Waals surface area contributed by atoms with Gasteiger partial charge in [0.1, 0.15) is 12.4 Å². The average molecular weight is 540 g/mol. The number of halogens is 2. The number of carbonyl (C=O) groups excluding carboxylic acids is 1. The molecule has 1 aliphatic heterocycles. The SMILES string of the molecule is CCOc1cc(/C=N\NC(=O)c2ccc(N3CCCC3)cc2)cc(Br)c1OCc1ccccc1F. The molecule has 3 aromatic carbocycles. The first-order valence-electron chi connectivity index (χ1n) is 11.6. The van der Waals surface area contributed by atoms with Crippen LogP contribution in [0.3, 0.4) is 0 Å². The van der Waals surface area contributed by atoms with Crippen LogP contribution in [0.15, 0.2) is 70.2 Å². The molecule has 0 bridgehead atoms. The van der Waals surface area contributed by atoms with Gasteiger partial charge in [0.2, 0.25) is 0 Å². The van der Waals surface area contributed by atoms with Crippen molar-refractivity contribution in [2.45, 2.75) is 26.4 Å². The van der Waals surface area contributed by atoms with Crippen LogP contribution in [-0.4, -0.2) is 31.8 Å². The van der Waals surface area contributed by atoms with Gasteiger partial charge in [-0.05, 0) is 83.7 Å². The molecule has 3 aromatic rings. The van der Waals surface area contributed by atoms with Crippen LogP contribution >= 0.6 is 15.9 Å². The molecule has 6 nitrogen and oxygen atoms in total. The van der Waals surface area contributed by atoms with Crippen LogP contribution in [0.25, 0.3) is 0 Å². The Morgan fingerprint density at radius 2 is 1.86 bits per heavy atom. The first kappa shape index (κ1) is 24.7. The molecule has 0 unspecified atom stereocenters. The summed E-state index contributed by atoms with van der Waals surface area (Å²) in [5.41, 5.74) is 5.38. The summed E-state index contributed by atoms with van der Waals surface area (Å²) in [5, 5.41) is 4.09. The Bertz CT molecular complexity index is 1190. The molecule has 1 aliphatic rings. The van der Waals surface area contributed by atoms with Crippen LogP contribution in [0.4, 0.5) is 10.1 Å². The number of benzene rings is 3. The quantitative estimate of drug-likeness (QED) is 0.270. The maximum atomic E-state index is 13.9. The van der Waals surface area contributed by atoms with Crippen molar-refractivity contribution in [1.29, 1.82) is 0 Å². The van der Waals surface area contributed by atoms with E-state index in [1.54, 1.807) is 30.3 Å². The predicted molar refractivity (Wildman–Crippen MR) is 139 cm³/mol. The molecule has 0 aliphatic carbocycles. The molecule has 8 heteroatoms. The topological polar surface area (TPSA) is 63.2 Å². The Morgan fingerprint density at radius 1 is 1.11 bits per heavy atom. The van der Waals surface area contributed by atoms with Gasteiger partial charge in [0.25, 0.3) is 5.91 Å². The van der Waals surface area contributed by atoms with Crippen LogP contribution in [0.5, 0.6) is 11.5 Å². The third-order valence-corrected chi connectivity index (χ3v) is 6.23. The summed E-state index contributed by atoms with van der Waals surface area (Å²) in [7, 11) is 0. The maximum Gasteiger partial charge on any atom is 0.271 e. The monoisotopic (exact) mass is 539 g/mol. The van der Waals surface area contributed by atoms with Gasteiger partial charge in [-0.25, -0.2) is 9.82 Å². The van der Waals surface area contributed by atoms with E-state index in [1.807, 2.05) is 31.2 Å². The maximum absolute atomic E-state index is 13.9. The molecule has 1 fully saturated rings. The van der Waals surface area contributed by atoms with Gasteiger partial charge in [-0.1, -0.05) is 18.2 Å². The van der Waals surface area contributed by atoms with E-state index in [4.69, 9.17) is 9.47 Å². The fourth-order valence-corrected chi connectivity index (χ4v) is 4.43. The van der Waals surface area contributed by atoms with Gasteiger partial charge in [0, 0.05) is 29.9 Å². The molecule has 1 heterocycles. The third kappa shape index (κ3) is 6.39. The van der Waals surface area contributed by atoms with E-state index in [1.165, 1.54) is 25.1 Å². The molecule has 0 aromatic heterocycles. The second-order valence-corrected chi connectivity index (χ2v) is 8.94. The Kier molecular flexibility index (Phi) is 8.36. The van der Waals surface area contributed by atoms with Crippen LogP contribution in [0.2, 0.25) is 0 Å². The Labute approximate surface area is 212 Å². The van der Waals surface area contributed by atoms with E-state index in [2.05, 4.69) is 31.4 Å². The predicted octanol–water partition coefficient (Wildman–Crippen LogP) is 5.93. The molecule has 182 valence electrons. The van der Waals surface area contributed by atoms with Crippen molar-refractivity contribution in [3.63, 3.8) is 0 Å². The summed E-state index contributed by atoms with van der Waals surface area (Å²) in [6.45, 7) is 4.47. The number of hydrogen-bond acceptors (Lipinski definition) is 5. The van der Waals surface area contributed by atoms with E-state index in [0.29, 0.717) is 39.3 Å². The van der Waals surface area contributed by atoms with Crippen molar-refractivity contribution in [2.75, 3.05) is 24.6 Å². The number of anilines is 1. The summed E-state index contributed by atoms with van der Waals surface area (Å²) in [5.74, 6) is 0.341. The van der Waals surface area contributed by atoms with Crippen molar-refractivity contribution >= 4 is 33.7 Å². The van der Waals surface area contributed by atoms with Crippen LogP contribution in [-0.2, 0) is 6.61 Å². The number of hydrazone groups is 1. The lowest BCUT2D eigenvalue weighted by molar-refractivity contribution is 0.0955. The molecule has 0 radical (unpaired) electrons. The lowest BCUT2D eigenvalue weighted by Gasteiger charge is -2.17.